The molecular weight excluding hydrogens is 290 g/mol. The summed E-state index contributed by atoms with van der Waals surface area (Å²) in [6, 6.07) is 17.5. The van der Waals surface area contributed by atoms with Gasteiger partial charge in [0.15, 0.2) is 6.29 Å². The van der Waals surface area contributed by atoms with Gasteiger partial charge in [-0.1, -0.05) is 35.5 Å². The summed E-state index contributed by atoms with van der Waals surface area (Å²) in [6.45, 7) is 2.59. The zero-order chi connectivity index (χ0) is 16.1. The number of aldehydes is 1. The first-order valence-corrected chi connectivity index (χ1v) is 7.48. The highest BCUT2D eigenvalue weighted by atomic mass is 16.5. The largest absolute Gasteiger partial charge is 0.494 e. The second-order valence-corrected chi connectivity index (χ2v) is 5.04. The fraction of sp³-hybridized carbons (Fsp3) is 0.167. The van der Waals surface area contributed by atoms with Crippen molar-refractivity contribution in [1.29, 1.82) is 0 Å². The van der Waals surface area contributed by atoms with Gasteiger partial charge in [-0.2, -0.15) is 0 Å². The van der Waals surface area contributed by atoms with E-state index in [1.807, 2.05) is 61.5 Å². The third-order valence-electron chi connectivity index (χ3n) is 3.51. The van der Waals surface area contributed by atoms with Gasteiger partial charge < -0.3 is 4.74 Å². The summed E-state index contributed by atoms with van der Waals surface area (Å²) in [5.74, 6) is 0.835. The summed E-state index contributed by atoms with van der Waals surface area (Å²) < 4.78 is 7.16. The Morgan fingerprint density at radius 3 is 2.48 bits per heavy atom. The van der Waals surface area contributed by atoms with Crippen molar-refractivity contribution in [2.24, 2.45) is 0 Å². The highest BCUT2D eigenvalue weighted by Crippen LogP contribution is 2.18. The van der Waals surface area contributed by atoms with Crippen LogP contribution in [0.5, 0.6) is 5.75 Å². The second kappa shape index (κ2) is 6.87. The van der Waals surface area contributed by atoms with Crippen LogP contribution in [0.2, 0.25) is 0 Å². The molecule has 0 unspecified atom stereocenters. The summed E-state index contributed by atoms with van der Waals surface area (Å²) in [5, 5.41) is 8.09. The monoisotopic (exact) mass is 307 g/mol. The van der Waals surface area contributed by atoms with Gasteiger partial charge in [0.2, 0.25) is 0 Å². The predicted molar refractivity (Wildman–Crippen MR) is 87.2 cm³/mol. The van der Waals surface area contributed by atoms with Gasteiger partial charge in [-0.05, 0) is 36.8 Å². The maximum absolute atomic E-state index is 11.3. The van der Waals surface area contributed by atoms with Crippen molar-refractivity contribution in [3.05, 3.63) is 71.5 Å². The van der Waals surface area contributed by atoms with E-state index in [9.17, 15) is 4.79 Å². The Balaban J connectivity index is 1.92. The van der Waals surface area contributed by atoms with Crippen molar-refractivity contribution in [3.63, 3.8) is 0 Å². The Labute approximate surface area is 134 Å². The van der Waals surface area contributed by atoms with Crippen molar-refractivity contribution >= 4 is 6.29 Å². The highest BCUT2D eigenvalue weighted by Gasteiger charge is 2.14. The number of benzene rings is 2. The number of hydrogen-bond donors (Lipinski definition) is 0. The third kappa shape index (κ3) is 3.29. The van der Waals surface area contributed by atoms with Crippen molar-refractivity contribution in [1.82, 2.24) is 15.0 Å². The summed E-state index contributed by atoms with van der Waals surface area (Å²) in [4.78, 5) is 11.3. The van der Waals surface area contributed by atoms with Crippen molar-refractivity contribution < 1.29 is 9.53 Å². The Kier molecular flexibility index (Phi) is 4.47. The van der Waals surface area contributed by atoms with E-state index in [0.717, 1.165) is 29.0 Å². The standard InChI is InChI=1S/C18H17N3O2/c1-2-23-16-10-8-14(9-11-16)12-18-17(13-22)19-20-21(18)15-6-4-3-5-7-15/h3-11,13H,2,12H2,1H3. The van der Waals surface area contributed by atoms with Crippen molar-refractivity contribution in [2.75, 3.05) is 6.61 Å². The number of aromatic nitrogens is 3. The Bertz CT molecular complexity index is 780. The van der Waals surface area contributed by atoms with Gasteiger partial charge in [0.1, 0.15) is 11.4 Å². The van der Waals surface area contributed by atoms with E-state index in [4.69, 9.17) is 4.74 Å². The van der Waals surface area contributed by atoms with Crippen LogP contribution in [0.3, 0.4) is 0 Å². The first kappa shape index (κ1) is 15.0. The summed E-state index contributed by atoms with van der Waals surface area (Å²) in [6.07, 6.45) is 1.32. The Hall–Kier alpha value is -2.95. The Morgan fingerprint density at radius 2 is 1.83 bits per heavy atom. The molecule has 0 amide bonds. The molecule has 0 aliphatic rings. The van der Waals surface area contributed by atoms with Gasteiger partial charge in [0.05, 0.1) is 18.0 Å². The number of rotatable bonds is 6. The Morgan fingerprint density at radius 1 is 1.09 bits per heavy atom. The average molecular weight is 307 g/mol. The molecule has 0 bridgehead atoms. The minimum absolute atomic E-state index is 0.364. The number of para-hydroxylation sites is 1. The third-order valence-corrected chi connectivity index (χ3v) is 3.51. The molecule has 0 aliphatic carbocycles. The molecule has 0 saturated carbocycles. The minimum atomic E-state index is 0.364. The lowest BCUT2D eigenvalue weighted by molar-refractivity contribution is 0.111. The topological polar surface area (TPSA) is 57.0 Å². The van der Waals surface area contributed by atoms with Gasteiger partial charge in [0.25, 0.3) is 0 Å². The normalized spacial score (nSPS) is 10.5. The molecule has 3 aromatic rings. The molecule has 0 aliphatic heterocycles. The lowest BCUT2D eigenvalue weighted by atomic mass is 10.1. The van der Waals surface area contributed by atoms with Crippen LogP contribution in [0.25, 0.3) is 5.69 Å². The van der Waals surface area contributed by atoms with E-state index in [-0.39, 0.29) is 0 Å². The molecule has 23 heavy (non-hydrogen) atoms. The van der Waals surface area contributed by atoms with Gasteiger partial charge in [-0.25, -0.2) is 4.68 Å². The molecule has 0 N–H and O–H groups in total. The molecule has 0 spiro atoms. The average Bonchev–Trinajstić information content (AvgIpc) is 3.00. The number of nitrogens with zero attached hydrogens (tertiary/aromatic N) is 3. The van der Waals surface area contributed by atoms with Gasteiger partial charge in [0, 0.05) is 6.42 Å². The molecular formula is C18H17N3O2. The van der Waals surface area contributed by atoms with Gasteiger partial charge in [-0.3, -0.25) is 4.79 Å². The SMILES string of the molecule is CCOc1ccc(Cc2c(C=O)nnn2-c2ccccc2)cc1. The lowest BCUT2D eigenvalue weighted by Crippen LogP contribution is -2.04. The van der Waals surface area contributed by atoms with E-state index in [2.05, 4.69) is 10.3 Å². The maximum atomic E-state index is 11.3. The van der Waals surface area contributed by atoms with E-state index < -0.39 is 0 Å². The van der Waals surface area contributed by atoms with E-state index >= 15 is 0 Å². The molecule has 2 aromatic carbocycles. The van der Waals surface area contributed by atoms with Crippen molar-refractivity contribution in [3.8, 4) is 11.4 Å². The molecule has 1 heterocycles. The van der Waals surface area contributed by atoms with E-state index in [0.29, 0.717) is 18.7 Å². The molecule has 0 fully saturated rings. The second-order valence-electron chi connectivity index (χ2n) is 5.04. The summed E-state index contributed by atoms with van der Waals surface area (Å²) in [7, 11) is 0. The van der Waals surface area contributed by atoms with Crippen LogP contribution >= 0.6 is 0 Å². The fourth-order valence-electron chi connectivity index (χ4n) is 2.41. The molecule has 0 saturated heterocycles. The lowest BCUT2D eigenvalue weighted by Gasteiger charge is -2.08. The van der Waals surface area contributed by atoms with Crippen LogP contribution in [0.15, 0.2) is 54.6 Å². The molecule has 0 atom stereocenters. The zero-order valence-corrected chi connectivity index (χ0v) is 12.8. The van der Waals surface area contributed by atoms with Crippen LogP contribution in [-0.4, -0.2) is 27.9 Å². The molecule has 5 nitrogen and oxygen atoms in total. The summed E-state index contributed by atoms with van der Waals surface area (Å²) in [5.41, 5.74) is 3.09. The first-order valence-electron chi connectivity index (χ1n) is 7.48. The molecule has 5 heteroatoms. The number of carbonyl (C=O) groups excluding carboxylic acids is 1. The summed E-state index contributed by atoms with van der Waals surface area (Å²) >= 11 is 0. The smallest absolute Gasteiger partial charge is 0.172 e. The van der Waals surface area contributed by atoms with Gasteiger partial charge in [-0.15, -0.1) is 5.10 Å². The number of ether oxygens (including phenoxy) is 1. The predicted octanol–water partition coefficient (Wildman–Crippen LogP) is 3.07. The molecule has 116 valence electrons. The van der Waals surface area contributed by atoms with E-state index in [1.54, 1.807) is 4.68 Å². The van der Waals surface area contributed by atoms with Crippen LogP contribution in [-0.2, 0) is 6.42 Å². The van der Waals surface area contributed by atoms with E-state index in [1.165, 1.54) is 0 Å². The van der Waals surface area contributed by atoms with Crippen LogP contribution < -0.4 is 4.74 Å². The van der Waals surface area contributed by atoms with Crippen LogP contribution in [0.1, 0.15) is 28.7 Å². The molecule has 1 aromatic heterocycles. The number of hydrogen-bond acceptors (Lipinski definition) is 4. The zero-order valence-electron chi connectivity index (χ0n) is 12.8. The first-order chi connectivity index (χ1) is 11.3. The van der Waals surface area contributed by atoms with Crippen LogP contribution in [0.4, 0.5) is 0 Å². The molecule has 0 radical (unpaired) electrons. The maximum Gasteiger partial charge on any atom is 0.172 e. The van der Waals surface area contributed by atoms with Gasteiger partial charge >= 0.3 is 0 Å². The fourth-order valence-corrected chi connectivity index (χ4v) is 2.41. The molecule has 3 rings (SSSR count). The number of carbonyl (C=O) groups is 1. The highest BCUT2D eigenvalue weighted by molar-refractivity contribution is 5.73. The minimum Gasteiger partial charge on any atom is -0.494 e. The van der Waals surface area contributed by atoms with Crippen molar-refractivity contribution in [2.45, 2.75) is 13.3 Å². The quantitative estimate of drug-likeness (QED) is 0.657. The van der Waals surface area contributed by atoms with Crippen LogP contribution in [0, 0.1) is 0 Å².